The Morgan fingerprint density at radius 2 is 1.68 bits per heavy atom. The number of rotatable bonds is 4. The van der Waals surface area contributed by atoms with Crippen LogP contribution in [-0.2, 0) is 9.59 Å². The number of fused-ring (bicyclic) bond motifs is 1. The van der Waals surface area contributed by atoms with E-state index in [1.807, 2.05) is 0 Å². The second-order valence-electron chi connectivity index (χ2n) is 5.36. The molecule has 1 aliphatic rings. The molecule has 0 radical (unpaired) electrons. The summed E-state index contributed by atoms with van der Waals surface area (Å²) in [5, 5.41) is 21.6. The van der Waals surface area contributed by atoms with Crippen molar-refractivity contribution in [3.05, 3.63) is 64.2 Å². The maximum atomic E-state index is 12.7. The van der Waals surface area contributed by atoms with Crippen LogP contribution in [0, 0.1) is 0 Å². The smallest absolute Gasteiger partial charge is 0.322 e. The van der Waals surface area contributed by atoms with E-state index in [-0.39, 0.29) is 11.1 Å². The zero-order valence-corrected chi connectivity index (χ0v) is 13.5. The number of carboxylic acid groups (broad SMARTS) is 1. The largest absolute Gasteiger partial charge is 0.506 e. The van der Waals surface area contributed by atoms with Crippen LogP contribution in [0.5, 0.6) is 0 Å². The first kappa shape index (κ1) is 16.7. The molecule has 0 saturated heterocycles. The number of aliphatic carboxylic acids is 1. The van der Waals surface area contributed by atoms with E-state index in [1.165, 1.54) is 6.07 Å². The lowest BCUT2D eigenvalue weighted by atomic mass is 9.95. The zero-order chi connectivity index (χ0) is 18.1. The van der Waals surface area contributed by atoms with E-state index >= 15 is 0 Å². The molecule has 0 fully saturated rings. The monoisotopic (exact) mass is 357 g/mol. The van der Waals surface area contributed by atoms with Gasteiger partial charge in [0, 0.05) is 16.1 Å². The van der Waals surface area contributed by atoms with Gasteiger partial charge in [-0.2, -0.15) is 0 Å². The average molecular weight is 358 g/mol. The van der Waals surface area contributed by atoms with E-state index < -0.39 is 35.5 Å². The summed E-state index contributed by atoms with van der Waals surface area (Å²) in [4.78, 5) is 35.4. The first-order valence-corrected chi connectivity index (χ1v) is 7.65. The highest BCUT2D eigenvalue weighted by atomic mass is 35.5. The molecule has 3 rings (SSSR count). The van der Waals surface area contributed by atoms with Crippen molar-refractivity contribution >= 4 is 35.0 Å². The SMILES string of the molecule is O=C(O)CNC(=O)C1=C(O)c2cccc(-c3ccc(Cl)cc3)c2C1=O. The highest BCUT2D eigenvalue weighted by Gasteiger charge is 2.36. The number of benzene rings is 2. The highest BCUT2D eigenvalue weighted by Crippen LogP contribution is 2.37. The molecule has 0 aliphatic heterocycles. The molecule has 0 unspecified atom stereocenters. The molecule has 0 atom stereocenters. The number of hydrogen-bond acceptors (Lipinski definition) is 4. The van der Waals surface area contributed by atoms with E-state index in [0.29, 0.717) is 16.1 Å². The fraction of sp³-hybridized carbons (Fsp3) is 0.0556. The Labute approximate surface area is 147 Å². The number of carbonyl (C=O) groups is 3. The number of hydrogen-bond donors (Lipinski definition) is 3. The van der Waals surface area contributed by atoms with Gasteiger partial charge in [0.15, 0.2) is 0 Å². The van der Waals surface area contributed by atoms with Crippen molar-refractivity contribution in [1.29, 1.82) is 0 Å². The fourth-order valence-corrected chi connectivity index (χ4v) is 2.81. The van der Waals surface area contributed by atoms with Crippen LogP contribution in [0.4, 0.5) is 0 Å². The number of ketones is 1. The molecule has 0 aromatic heterocycles. The summed E-state index contributed by atoms with van der Waals surface area (Å²) in [6.45, 7) is -0.650. The Morgan fingerprint density at radius 1 is 1.04 bits per heavy atom. The summed E-state index contributed by atoms with van der Waals surface area (Å²) in [5.41, 5.74) is 1.22. The molecule has 126 valence electrons. The number of nitrogens with one attached hydrogen (secondary N) is 1. The van der Waals surface area contributed by atoms with Crippen LogP contribution >= 0.6 is 11.6 Å². The summed E-state index contributed by atoms with van der Waals surface area (Å²) in [7, 11) is 0. The van der Waals surface area contributed by atoms with E-state index in [0.717, 1.165) is 0 Å². The summed E-state index contributed by atoms with van der Waals surface area (Å²) < 4.78 is 0. The molecule has 1 aliphatic carbocycles. The van der Waals surface area contributed by atoms with Gasteiger partial charge in [-0.25, -0.2) is 0 Å². The molecule has 2 aromatic rings. The van der Waals surface area contributed by atoms with Crippen molar-refractivity contribution < 1.29 is 24.6 Å². The molecule has 0 spiro atoms. The van der Waals surface area contributed by atoms with Crippen molar-refractivity contribution in [3.63, 3.8) is 0 Å². The predicted molar refractivity (Wildman–Crippen MR) is 91.4 cm³/mol. The second kappa shape index (κ2) is 6.41. The molecule has 7 heteroatoms. The van der Waals surface area contributed by atoms with Crippen LogP contribution in [0.15, 0.2) is 48.0 Å². The van der Waals surface area contributed by atoms with Gasteiger partial charge in [-0.3, -0.25) is 14.4 Å². The minimum absolute atomic E-state index is 0.197. The van der Waals surface area contributed by atoms with E-state index in [9.17, 15) is 19.5 Å². The third-order valence-electron chi connectivity index (χ3n) is 3.79. The molecule has 0 bridgehead atoms. The number of halogens is 1. The number of aliphatic hydroxyl groups is 1. The van der Waals surface area contributed by atoms with E-state index in [2.05, 4.69) is 5.32 Å². The van der Waals surface area contributed by atoms with E-state index in [1.54, 1.807) is 36.4 Å². The van der Waals surface area contributed by atoms with Crippen molar-refractivity contribution in [2.75, 3.05) is 6.54 Å². The maximum Gasteiger partial charge on any atom is 0.322 e. The van der Waals surface area contributed by atoms with Gasteiger partial charge >= 0.3 is 5.97 Å². The Morgan fingerprint density at radius 3 is 2.32 bits per heavy atom. The quantitative estimate of drug-likeness (QED) is 0.730. The Bertz CT molecular complexity index is 931. The topological polar surface area (TPSA) is 104 Å². The van der Waals surface area contributed by atoms with Crippen LogP contribution in [0.2, 0.25) is 5.02 Å². The number of Topliss-reactive ketones (excluding diaryl/α,β-unsaturated/α-hetero) is 1. The minimum atomic E-state index is -1.25. The summed E-state index contributed by atoms with van der Waals surface area (Å²) in [6, 6.07) is 11.7. The third kappa shape index (κ3) is 2.99. The predicted octanol–water partition coefficient (Wildman–Crippen LogP) is 2.67. The zero-order valence-electron chi connectivity index (χ0n) is 12.7. The van der Waals surface area contributed by atoms with Crippen LogP contribution in [-0.4, -0.2) is 34.4 Å². The number of amides is 1. The van der Waals surface area contributed by atoms with Crippen molar-refractivity contribution in [3.8, 4) is 11.1 Å². The summed E-state index contributed by atoms with van der Waals surface area (Å²) >= 11 is 5.88. The fourth-order valence-electron chi connectivity index (χ4n) is 2.69. The molecule has 0 heterocycles. The van der Waals surface area contributed by atoms with Crippen LogP contribution < -0.4 is 5.32 Å². The normalized spacial score (nSPS) is 12.9. The maximum absolute atomic E-state index is 12.7. The second-order valence-corrected chi connectivity index (χ2v) is 5.80. The summed E-state index contributed by atoms with van der Waals surface area (Å²) in [5.74, 6) is -3.29. The van der Waals surface area contributed by atoms with Gasteiger partial charge in [-0.05, 0) is 23.3 Å². The first-order valence-electron chi connectivity index (χ1n) is 7.27. The standard InChI is InChI=1S/C18H12ClNO5/c19-10-6-4-9(5-7-10)11-2-1-3-12-14(11)17(24)15(16(12)23)18(25)20-8-13(21)22/h1-7,23H,8H2,(H,20,25)(H,21,22). The lowest BCUT2D eigenvalue weighted by Crippen LogP contribution is -2.32. The molecular weight excluding hydrogens is 346 g/mol. The molecular formula is C18H12ClNO5. The number of aliphatic hydroxyl groups excluding tert-OH is 1. The Kier molecular flexibility index (Phi) is 4.29. The van der Waals surface area contributed by atoms with Gasteiger partial charge < -0.3 is 15.5 Å². The van der Waals surface area contributed by atoms with Gasteiger partial charge in [0.1, 0.15) is 17.9 Å². The van der Waals surface area contributed by atoms with Crippen LogP contribution in [0.25, 0.3) is 16.9 Å². The minimum Gasteiger partial charge on any atom is -0.506 e. The van der Waals surface area contributed by atoms with Crippen LogP contribution in [0.3, 0.4) is 0 Å². The lowest BCUT2D eigenvalue weighted by molar-refractivity contribution is -0.137. The van der Waals surface area contributed by atoms with Crippen molar-refractivity contribution in [2.24, 2.45) is 0 Å². The highest BCUT2D eigenvalue weighted by molar-refractivity contribution is 6.35. The lowest BCUT2D eigenvalue weighted by Gasteiger charge is -2.08. The van der Waals surface area contributed by atoms with Gasteiger partial charge in [0.05, 0.1) is 0 Å². The Balaban J connectivity index is 2.03. The van der Waals surface area contributed by atoms with E-state index in [4.69, 9.17) is 16.7 Å². The van der Waals surface area contributed by atoms with Crippen molar-refractivity contribution in [1.82, 2.24) is 5.32 Å². The van der Waals surface area contributed by atoms with Gasteiger partial charge in [0.2, 0.25) is 5.78 Å². The van der Waals surface area contributed by atoms with Gasteiger partial charge in [-0.15, -0.1) is 0 Å². The molecule has 1 amide bonds. The molecule has 25 heavy (non-hydrogen) atoms. The summed E-state index contributed by atoms with van der Waals surface area (Å²) in [6.07, 6.45) is 0. The molecule has 6 nitrogen and oxygen atoms in total. The Hall–Kier alpha value is -3.12. The van der Waals surface area contributed by atoms with Gasteiger partial charge in [0.25, 0.3) is 5.91 Å². The van der Waals surface area contributed by atoms with Crippen molar-refractivity contribution in [2.45, 2.75) is 0 Å². The molecule has 3 N–H and O–H groups in total. The number of carboxylic acids is 1. The third-order valence-corrected chi connectivity index (χ3v) is 4.04. The molecule has 0 saturated carbocycles. The molecule has 2 aromatic carbocycles. The van der Waals surface area contributed by atoms with Crippen LogP contribution in [0.1, 0.15) is 15.9 Å². The number of carbonyl (C=O) groups excluding carboxylic acids is 2. The van der Waals surface area contributed by atoms with Gasteiger partial charge in [-0.1, -0.05) is 41.9 Å². The average Bonchev–Trinajstić information content (AvgIpc) is 2.85. The first-order chi connectivity index (χ1) is 11.9.